The Morgan fingerprint density at radius 1 is 0.864 bits per heavy atom. The Kier molecular flexibility index (Phi) is 4.10. The van der Waals surface area contributed by atoms with Crippen LogP contribution in [0.5, 0.6) is 5.75 Å². The molecule has 0 aliphatic heterocycles. The molecule has 0 atom stereocenters. The Morgan fingerprint density at radius 3 is 2.41 bits per heavy atom. The first-order chi connectivity index (χ1) is 10.7. The summed E-state index contributed by atoms with van der Waals surface area (Å²) < 4.78 is 32.7. The van der Waals surface area contributed by atoms with Gasteiger partial charge in [0.15, 0.2) is 11.6 Å². The highest BCUT2D eigenvalue weighted by molar-refractivity contribution is 5.60. The van der Waals surface area contributed by atoms with E-state index < -0.39 is 11.8 Å². The fourth-order valence-electron chi connectivity index (χ4n) is 2.08. The number of nitrogens with zero attached hydrogens (tertiary/aromatic N) is 1. The fraction of sp³-hybridized carbons (Fsp3) is 0.0556. The minimum absolute atomic E-state index is 0.156. The smallest absolute Gasteiger partial charge is 0.213 e. The van der Waals surface area contributed by atoms with Crippen LogP contribution in [0.2, 0.25) is 0 Å². The molecular formula is C18H13F2NO. The molecule has 0 aliphatic carbocycles. The molecule has 0 unspecified atom stereocenters. The third-order valence-electron chi connectivity index (χ3n) is 3.18. The van der Waals surface area contributed by atoms with Crippen molar-refractivity contribution in [1.82, 2.24) is 4.98 Å². The Bertz CT molecular complexity index is 775. The van der Waals surface area contributed by atoms with Crippen molar-refractivity contribution in [1.29, 1.82) is 0 Å². The van der Waals surface area contributed by atoms with Crippen LogP contribution in [0.3, 0.4) is 0 Å². The summed E-state index contributed by atoms with van der Waals surface area (Å²) in [6.45, 7) is 0.287. The van der Waals surface area contributed by atoms with Crippen LogP contribution in [-0.4, -0.2) is 4.98 Å². The molecule has 22 heavy (non-hydrogen) atoms. The van der Waals surface area contributed by atoms with Gasteiger partial charge in [0.05, 0.1) is 5.69 Å². The molecule has 2 aromatic carbocycles. The van der Waals surface area contributed by atoms with Crippen molar-refractivity contribution in [3.05, 3.63) is 84.1 Å². The zero-order valence-electron chi connectivity index (χ0n) is 11.7. The second kappa shape index (κ2) is 6.35. The molecule has 0 saturated heterocycles. The molecule has 0 amide bonds. The second-order valence-electron chi connectivity index (χ2n) is 4.77. The van der Waals surface area contributed by atoms with Gasteiger partial charge in [-0.25, -0.2) is 9.37 Å². The SMILES string of the molecule is Fc1cccc(-c2ccc(OCc3ccccc3)c(F)c2)n1. The van der Waals surface area contributed by atoms with Crippen LogP contribution in [0.4, 0.5) is 8.78 Å². The summed E-state index contributed by atoms with van der Waals surface area (Å²) in [7, 11) is 0. The zero-order valence-corrected chi connectivity index (χ0v) is 11.7. The van der Waals surface area contributed by atoms with Gasteiger partial charge >= 0.3 is 0 Å². The van der Waals surface area contributed by atoms with E-state index in [2.05, 4.69) is 4.98 Å². The Hall–Kier alpha value is -2.75. The maximum atomic E-state index is 14.1. The molecule has 0 saturated carbocycles. The van der Waals surface area contributed by atoms with E-state index in [9.17, 15) is 8.78 Å². The molecule has 110 valence electrons. The van der Waals surface area contributed by atoms with Crippen LogP contribution < -0.4 is 4.74 Å². The van der Waals surface area contributed by atoms with Crippen molar-refractivity contribution < 1.29 is 13.5 Å². The molecular weight excluding hydrogens is 284 g/mol. The minimum Gasteiger partial charge on any atom is -0.486 e. The van der Waals surface area contributed by atoms with E-state index in [4.69, 9.17) is 4.74 Å². The normalized spacial score (nSPS) is 10.5. The Balaban J connectivity index is 1.78. The van der Waals surface area contributed by atoms with Crippen LogP contribution in [0.15, 0.2) is 66.7 Å². The lowest BCUT2D eigenvalue weighted by molar-refractivity contribution is 0.290. The zero-order chi connectivity index (χ0) is 15.4. The predicted octanol–water partition coefficient (Wildman–Crippen LogP) is 4.61. The third kappa shape index (κ3) is 3.28. The number of rotatable bonds is 4. The number of ether oxygens (including phenoxy) is 1. The molecule has 0 radical (unpaired) electrons. The summed E-state index contributed by atoms with van der Waals surface area (Å²) in [4.78, 5) is 3.73. The van der Waals surface area contributed by atoms with E-state index in [1.165, 1.54) is 24.3 Å². The largest absolute Gasteiger partial charge is 0.486 e. The van der Waals surface area contributed by atoms with E-state index >= 15 is 0 Å². The van der Waals surface area contributed by atoms with Gasteiger partial charge in [0.1, 0.15) is 6.61 Å². The summed E-state index contributed by atoms with van der Waals surface area (Å²) in [6.07, 6.45) is 0. The van der Waals surface area contributed by atoms with Gasteiger partial charge in [-0.05, 0) is 35.9 Å². The monoisotopic (exact) mass is 297 g/mol. The summed E-state index contributed by atoms with van der Waals surface area (Å²) in [5, 5.41) is 0. The minimum atomic E-state index is -0.595. The molecule has 0 N–H and O–H groups in total. The number of aromatic nitrogens is 1. The molecule has 0 bridgehead atoms. The molecule has 1 aromatic heterocycles. The van der Waals surface area contributed by atoms with Crippen LogP contribution in [-0.2, 0) is 6.61 Å². The lowest BCUT2D eigenvalue weighted by Gasteiger charge is -2.09. The maximum absolute atomic E-state index is 14.1. The van der Waals surface area contributed by atoms with Gasteiger partial charge in [0, 0.05) is 5.56 Å². The molecule has 1 heterocycles. The van der Waals surface area contributed by atoms with Crippen LogP contribution in [0.1, 0.15) is 5.56 Å². The average molecular weight is 297 g/mol. The maximum Gasteiger partial charge on any atom is 0.213 e. The van der Waals surface area contributed by atoms with E-state index in [-0.39, 0.29) is 12.4 Å². The van der Waals surface area contributed by atoms with Gasteiger partial charge in [0.25, 0.3) is 0 Å². The molecule has 3 rings (SSSR count). The lowest BCUT2D eigenvalue weighted by Crippen LogP contribution is -1.97. The van der Waals surface area contributed by atoms with E-state index in [0.717, 1.165) is 5.56 Å². The van der Waals surface area contributed by atoms with Crippen LogP contribution >= 0.6 is 0 Å². The average Bonchev–Trinajstić information content (AvgIpc) is 2.54. The van der Waals surface area contributed by atoms with Crippen LogP contribution in [0, 0.1) is 11.8 Å². The van der Waals surface area contributed by atoms with Gasteiger partial charge in [-0.3, -0.25) is 0 Å². The number of benzene rings is 2. The Morgan fingerprint density at radius 2 is 1.68 bits per heavy atom. The van der Waals surface area contributed by atoms with Gasteiger partial charge in [0.2, 0.25) is 5.95 Å². The summed E-state index contributed by atoms with van der Waals surface area (Å²) in [5.41, 5.74) is 1.84. The van der Waals surface area contributed by atoms with Crippen molar-refractivity contribution in [3.8, 4) is 17.0 Å². The highest BCUT2D eigenvalue weighted by Gasteiger charge is 2.08. The predicted molar refractivity (Wildman–Crippen MR) is 80.4 cm³/mol. The van der Waals surface area contributed by atoms with Crippen molar-refractivity contribution in [2.24, 2.45) is 0 Å². The van der Waals surface area contributed by atoms with Gasteiger partial charge < -0.3 is 4.74 Å². The summed E-state index contributed by atoms with van der Waals surface area (Å²) in [5.74, 6) is -0.939. The topological polar surface area (TPSA) is 22.1 Å². The van der Waals surface area contributed by atoms with E-state index in [1.807, 2.05) is 30.3 Å². The van der Waals surface area contributed by atoms with E-state index in [1.54, 1.807) is 12.1 Å². The van der Waals surface area contributed by atoms with Gasteiger partial charge in [-0.15, -0.1) is 0 Å². The number of hydrogen-bond acceptors (Lipinski definition) is 2. The van der Waals surface area contributed by atoms with Crippen molar-refractivity contribution in [2.75, 3.05) is 0 Å². The van der Waals surface area contributed by atoms with E-state index in [0.29, 0.717) is 11.3 Å². The summed E-state index contributed by atoms with van der Waals surface area (Å²) in [6, 6.07) is 18.4. The Labute approximate surface area is 127 Å². The lowest BCUT2D eigenvalue weighted by atomic mass is 10.1. The molecule has 4 heteroatoms. The first kappa shape index (κ1) is 14.2. The van der Waals surface area contributed by atoms with Gasteiger partial charge in [-0.2, -0.15) is 4.39 Å². The molecule has 2 nitrogen and oxygen atoms in total. The third-order valence-corrected chi connectivity index (χ3v) is 3.18. The van der Waals surface area contributed by atoms with Crippen LogP contribution in [0.25, 0.3) is 11.3 Å². The standard InChI is InChI=1S/C18H13F2NO/c19-15-11-14(16-7-4-8-18(20)21-16)9-10-17(15)22-12-13-5-2-1-3-6-13/h1-11H,12H2. The molecule has 0 aliphatic rings. The molecule has 0 fully saturated rings. The second-order valence-corrected chi connectivity index (χ2v) is 4.77. The first-order valence-electron chi connectivity index (χ1n) is 6.81. The van der Waals surface area contributed by atoms with Crippen molar-refractivity contribution >= 4 is 0 Å². The highest BCUT2D eigenvalue weighted by atomic mass is 19.1. The first-order valence-corrected chi connectivity index (χ1v) is 6.81. The van der Waals surface area contributed by atoms with Gasteiger partial charge in [-0.1, -0.05) is 36.4 Å². The highest BCUT2D eigenvalue weighted by Crippen LogP contribution is 2.25. The summed E-state index contributed by atoms with van der Waals surface area (Å²) >= 11 is 0. The number of pyridine rings is 1. The number of halogens is 2. The molecule has 0 spiro atoms. The van der Waals surface area contributed by atoms with Crippen molar-refractivity contribution in [3.63, 3.8) is 0 Å². The number of hydrogen-bond donors (Lipinski definition) is 0. The fourth-order valence-corrected chi connectivity index (χ4v) is 2.08. The molecule has 3 aromatic rings. The van der Waals surface area contributed by atoms with Crippen molar-refractivity contribution in [2.45, 2.75) is 6.61 Å². The quantitative estimate of drug-likeness (QED) is 0.656.